The number of amides is 1. The number of carbonyl (C=O) groups is 1. The second-order valence-electron chi connectivity index (χ2n) is 7.24. The molecule has 144 valence electrons. The molecule has 29 heavy (non-hydrogen) atoms. The van der Waals surface area contributed by atoms with Gasteiger partial charge in [0.1, 0.15) is 0 Å². The molecule has 0 radical (unpaired) electrons. The molecule has 0 N–H and O–H groups in total. The van der Waals surface area contributed by atoms with E-state index in [0.29, 0.717) is 17.1 Å². The molecule has 0 aliphatic carbocycles. The number of aryl methyl sites for hydroxylation is 1. The number of fused-ring (bicyclic) bond motifs is 2. The van der Waals surface area contributed by atoms with Gasteiger partial charge in [0.2, 0.25) is 0 Å². The SMILES string of the molecule is Cn1cc(-c2ccc(C(=O)N3Cc4cccn4Cc4ccccc43)c(Cl)c2)cn1. The zero-order chi connectivity index (χ0) is 20.0. The van der Waals surface area contributed by atoms with Crippen LogP contribution < -0.4 is 4.90 Å². The Balaban J connectivity index is 1.55. The van der Waals surface area contributed by atoms with E-state index >= 15 is 0 Å². The molecule has 0 unspecified atom stereocenters. The van der Waals surface area contributed by atoms with Gasteiger partial charge in [0.15, 0.2) is 0 Å². The molecule has 6 heteroatoms. The van der Waals surface area contributed by atoms with E-state index in [1.807, 2.05) is 54.5 Å². The second kappa shape index (κ2) is 6.94. The smallest absolute Gasteiger partial charge is 0.260 e. The molecular formula is C23H19ClN4O. The van der Waals surface area contributed by atoms with Crippen LogP contribution in [0.1, 0.15) is 21.6 Å². The molecule has 1 aliphatic rings. The third-order valence-corrected chi connectivity index (χ3v) is 5.66. The van der Waals surface area contributed by atoms with Crippen LogP contribution in [0.2, 0.25) is 5.02 Å². The van der Waals surface area contributed by atoms with Gasteiger partial charge in [0.05, 0.1) is 23.3 Å². The molecule has 5 nitrogen and oxygen atoms in total. The predicted octanol–water partition coefficient (Wildman–Crippen LogP) is 4.75. The standard InChI is InChI=1S/C23H19ClN4O/c1-26-13-18(12-25-26)16-8-9-20(21(24)11-16)23(29)28-15-19-6-4-10-27(19)14-17-5-2-3-7-22(17)28/h2-13H,14-15H2,1H3. The molecule has 4 aromatic rings. The van der Waals surface area contributed by atoms with Crippen LogP contribution in [0.5, 0.6) is 0 Å². The van der Waals surface area contributed by atoms with E-state index in [1.165, 1.54) is 0 Å². The summed E-state index contributed by atoms with van der Waals surface area (Å²) in [5, 5.41) is 4.64. The molecular weight excluding hydrogens is 384 g/mol. The van der Waals surface area contributed by atoms with Crippen LogP contribution in [0.15, 0.2) is 73.2 Å². The average molecular weight is 403 g/mol. The predicted molar refractivity (Wildman–Crippen MR) is 114 cm³/mol. The zero-order valence-electron chi connectivity index (χ0n) is 15.9. The fourth-order valence-electron chi connectivity index (χ4n) is 3.85. The van der Waals surface area contributed by atoms with Crippen molar-refractivity contribution in [2.75, 3.05) is 4.90 Å². The molecule has 1 aliphatic heterocycles. The molecule has 0 bridgehead atoms. The molecule has 1 amide bonds. The maximum Gasteiger partial charge on any atom is 0.260 e. The molecule has 0 saturated heterocycles. The van der Waals surface area contributed by atoms with Crippen molar-refractivity contribution in [2.24, 2.45) is 7.05 Å². The minimum Gasteiger partial charge on any atom is -0.345 e. The molecule has 0 atom stereocenters. The average Bonchev–Trinajstić information content (AvgIpc) is 3.32. The number of para-hydroxylation sites is 1. The highest BCUT2D eigenvalue weighted by Gasteiger charge is 2.26. The van der Waals surface area contributed by atoms with Gasteiger partial charge >= 0.3 is 0 Å². The second-order valence-corrected chi connectivity index (χ2v) is 7.65. The van der Waals surface area contributed by atoms with Crippen molar-refractivity contribution in [3.05, 3.63) is 95.0 Å². The van der Waals surface area contributed by atoms with E-state index in [2.05, 4.69) is 28.0 Å². The molecule has 2 aromatic heterocycles. The van der Waals surface area contributed by atoms with Crippen LogP contribution >= 0.6 is 11.6 Å². The third kappa shape index (κ3) is 3.13. The Bertz CT molecular complexity index is 1220. The lowest BCUT2D eigenvalue weighted by Gasteiger charge is -2.23. The number of anilines is 1. The van der Waals surface area contributed by atoms with Crippen LogP contribution in [0, 0.1) is 0 Å². The lowest BCUT2D eigenvalue weighted by molar-refractivity contribution is 0.0985. The minimum atomic E-state index is -0.102. The van der Waals surface area contributed by atoms with Gasteiger partial charge in [-0.1, -0.05) is 35.9 Å². The summed E-state index contributed by atoms with van der Waals surface area (Å²) in [5.74, 6) is -0.102. The number of hydrogen-bond acceptors (Lipinski definition) is 2. The number of aromatic nitrogens is 3. The number of rotatable bonds is 2. The summed E-state index contributed by atoms with van der Waals surface area (Å²) < 4.78 is 3.92. The van der Waals surface area contributed by atoms with Gasteiger partial charge in [-0.05, 0) is 41.5 Å². The Morgan fingerprint density at radius 3 is 2.69 bits per heavy atom. The maximum absolute atomic E-state index is 13.5. The molecule has 0 spiro atoms. The van der Waals surface area contributed by atoms with Crippen molar-refractivity contribution in [3.8, 4) is 11.1 Å². The van der Waals surface area contributed by atoms with Crippen molar-refractivity contribution in [2.45, 2.75) is 13.1 Å². The van der Waals surface area contributed by atoms with Gasteiger partial charge in [-0.3, -0.25) is 9.48 Å². The van der Waals surface area contributed by atoms with E-state index < -0.39 is 0 Å². The third-order valence-electron chi connectivity index (χ3n) is 5.35. The number of nitrogens with zero attached hydrogens (tertiary/aromatic N) is 4. The van der Waals surface area contributed by atoms with Gasteiger partial charge in [-0.25, -0.2) is 0 Å². The van der Waals surface area contributed by atoms with E-state index in [4.69, 9.17) is 11.6 Å². The monoisotopic (exact) mass is 402 g/mol. The number of hydrogen-bond donors (Lipinski definition) is 0. The summed E-state index contributed by atoms with van der Waals surface area (Å²) in [6, 6.07) is 17.7. The lowest BCUT2D eigenvalue weighted by atomic mass is 10.1. The Morgan fingerprint density at radius 2 is 1.90 bits per heavy atom. The molecule has 2 aromatic carbocycles. The van der Waals surface area contributed by atoms with Crippen molar-refractivity contribution in [1.29, 1.82) is 0 Å². The quantitative estimate of drug-likeness (QED) is 0.485. The maximum atomic E-state index is 13.5. The normalized spacial score (nSPS) is 13.0. The first-order valence-electron chi connectivity index (χ1n) is 9.42. The van der Waals surface area contributed by atoms with Crippen LogP contribution in [0.3, 0.4) is 0 Å². The van der Waals surface area contributed by atoms with Crippen LogP contribution in [-0.2, 0) is 20.1 Å². The Kier molecular flexibility index (Phi) is 4.25. The lowest BCUT2D eigenvalue weighted by Crippen LogP contribution is -2.30. The Morgan fingerprint density at radius 1 is 1.03 bits per heavy atom. The Labute approximate surface area is 173 Å². The molecule has 5 rings (SSSR count). The van der Waals surface area contributed by atoms with Crippen molar-refractivity contribution < 1.29 is 4.79 Å². The van der Waals surface area contributed by atoms with Crippen LogP contribution in [-0.4, -0.2) is 20.3 Å². The van der Waals surface area contributed by atoms with Crippen LogP contribution in [0.25, 0.3) is 11.1 Å². The van der Waals surface area contributed by atoms with E-state index in [0.717, 1.165) is 34.6 Å². The first-order valence-corrected chi connectivity index (χ1v) is 9.80. The van der Waals surface area contributed by atoms with E-state index in [9.17, 15) is 4.79 Å². The van der Waals surface area contributed by atoms with Crippen LogP contribution in [0.4, 0.5) is 5.69 Å². The summed E-state index contributed by atoms with van der Waals surface area (Å²) in [5.41, 5.74) is 5.52. The summed E-state index contributed by atoms with van der Waals surface area (Å²) in [7, 11) is 1.87. The fourth-order valence-corrected chi connectivity index (χ4v) is 4.11. The highest BCUT2D eigenvalue weighted by Crippen LogP contribution is 2.32. The fraction of sp³-hybridized carbons (Fsp3) is 0.130. The Hall–Kier alpha value is -3.31. The van der Waals surface area contributed by atoms with Crippen molar-refractivity contribution in [3.63, 3.8) is 0 Å². The largest absolute Gasteiger partial charge is 0.345 e. The number of benzene rings is 2. The van der Waals surface area contributed by atoms with Gasteiger partial charge in [0.25, 0.3) is 5.91 Å². The summed E-state index contributed by atoms with van der Waals surface area (Å²) in [6.07, 6.45) is 5.76. The summed E-state index contributed by atoms with van der Waals surface area (Å²) in [6.45, 7) is 1.25. The number of carbonyl (C=O) groups excluding carboxylic acids is 1. The van der Waals surface area contributed by atoms with Gasteiger partial charge < -0.3 is 9.47 Å². The molecule has 3 heterocycles. The number of halogens is 1. The first kappa shape index (κ1) is 17.8. The van der Waals surface area contributed by atoms with Crippen molar-refractivity contribution in [1.82, 2.24) is 14.3 Å². The topological polar surface area (TPSA) is 43.1 Å². The first-order chi connectivity index (χ1) is 14.1. The van der Waals surface area contributed by atoms with Crippen molar-refractivity contribution >= 4 is 23.2 Å². The summed E-state index contributed by atoms with van der Waals surface area (Å²) in [4.78, 5) is 15.4. The van der Waals surface area contributed by atoms with E-state index in [1.54, 1.807) is 16.9 Å². The molecule has 0 saturated carbocycles. The zero-order valence-corrected chi connectivity index (χ0v) is 16.7. The van der Waals surface area contributed by atoms with E-state index in [-0.39, 0.29) is 5.91 Å². The van der Waals surface area contributed by atoms with Gasteiger partial charge in [-0.2, -0.15) is 5.10 Å². The summed E-state index contributed by atoms with van der Waals surface area (Å²) >= 11 is 6.57. The highest BCUT2D eigenvalue weighted by molar-refractivity contribution is 6.34. The highest BCUT2D eigenvalue weighted by atomic mass is 35.5. The van der Waals surface area contributed by atoms with Gasteiger partial charge in [-0.15, -0.1) is 0 Å². The van der Waals surface area contributed by atoms with Gasteiger partial charge in [0, 0.05) is 42.9 Å². The minimum absolute atomic E-state index is 0.102. The molecule has 0 fully saturated rings.